The molecule has 2 aromatic rings. The largest absolute Gasteiger partial charge is 0.379 e. The van der Waals surface area contributed by atoms with E-state index in [9.17, 15) is 0 Å². The minimum Gasteiger partial charge on any atom is -0.379 e. The Morgan fingerprint density at radius 2 is 2.00 bits per heavy atom. The number of imidazole rings is 1. The Morgan fingerprint density at radius 3 is 2.64 bits per heavy atom. The van der Waals surface area contributed by atoms with Crippen LogP contribution in [0.3, 0.4) is 0 Å². The van der Waals surface area contributed by atoms with Crippen molar-refractivity contribution in [1.29, 1.82) is 0 Å². The lowest BCUT2D eigenvalue weighted by Crippen LogP contribution is -2.35. The summed E-state index contributed by atoms with van der Waals surface area (Å²) in [5, 5.41) is 4.32. The van der Waals surface area contributed by atoms with Crippen molar-refractivity contribution in [2.75, 3.05) is 32.0 Å². The number of hydrogen-bond donors (Lipinski definition) is 1. The molecule has 2 N–H and O–H groups in total. The van der Waals surface area contributed by atoms with Crippen LogP contribution in [0.5, 0.6) is 0 Å². The molecule has 6 nitrogen and oxygen atoms in total. The van der Waals surface area contributed by atoms with E-state index in [0.29, 0.717) is 5.95 Å². The molecule has 0 aliphatic carbocycles. The Kier molecular flexibility index (Phi) is 4.50. The molecule has 3 rings (SSSR count). The Morgan fingerprint density at radius 1 is 1.27 bits per heavy atom. The Hall–Kier alpha value is -2.18. The van der Waals surface area contributed by atoms with Gasteiger partial charge in [-0.15, -0.1) is 0 Å². The quantitative estimate of drug-likeness (QED) is 0.869. The summed E-state index contributed by atoms with van der Waals surface area (Å²) in [7, 11) is 0. The predicted octanol–water partition coefficient (Wildman–Crippen LogP) is 1.49. The number of anilines is 1. The van der Waals surface area contributed by atoms with Crippen molar-refractivity contribution in [3.63, 3.8) is 0 Å². The maximum Gasteiger partial charge on any atom is 0.221 e. The van der Waals surface area contributed by atoms with Gasteiger partial charge in [0.2, 0.25) is 5.95 Å². The van der Waals surface area contributed by atoms with E-state index in [1.165, 1.54) is 5.56 Å². The average molecular weight is 299 g/mol. The molecular weight excluding hydrogens is 278 g/mol. The second-order valence-corrected chi connectivity index (χ2v) is 5.46. The van der Waals surface area contributed by atoms with Gasteiger partial charge in [-0.2, -0.15) is 5.10 Å². The van der Waals surface area contributed by atoms with Crippen LogP contribution >= 0.6 is 0 Å². The van der Waals surface area contributed by atoms with Gasteiger partial charge in [0.25, 0.3) is 0 Å². The molecule has 1 saturated heterocycles. The molecule has 0 unspecified atom stereocenters. The fourth-order valence-corrected chi connectivity index (χ4v) is 2.45. The first kappa shape index (κ1) is 14.7. The van der Waals surface area contributed by atoms with Crippen LogP contribution in [0.15, 0.2) is 35.6 Å². The SMILES string of the molecule is Cc1cn(N=Cc2ccc(CN3CCOCC3)cc2)c(N)n1. The number of nitrogen functional groups attached to an aromatic ring is 1. The van der Waals surface area contributed by atoms with Crippen LogP contribution < -0.4 is 5.73 Å². The second-order valence-electron chi connectivity index (χ2n) is 5.46. The Balaban J connectivity index is 1.62. The van der Waals surface area contributed by atoms with Gasteiger partial charge in [-0.25, -0.2) is 9.66 Å². The van der Waals surface area contributed by atoms with Crippen molar-refractivity contribution in [3.8, 4) is 0 Å². The normalized spacial score (nSPS) is 16.4. The van der Waals surface area contributed by atoms with Crippen molar-refractivity contribution < 1.29 is 4.74 Å². The molecule has 1 aliphatic heterocycles. The van der Waals surface area contributed by atoms with E-state index in [1.807, 2.05) is 6.92 Å². The molecule has 0 spiro atoms. The summed E-state index contributed by atoms with van der Waals surface area (Å²) in [6, 6.07) is 8.41. The van der Waals surface area contributed by atoms with Crippen LogP contribution in [0.2, 0.25) is 0 Å². The van der Waals surface area contributed by atoms with Gasteiger partial charge >= 0.3 is 0 Å². The van der Waals surface area contributed by atoms with E-state index in [4.69, 9.17) is 10.5 Å². The Bertz CT molecular complexity index is 641. The fraction of sp³-hybridized carbons (Fsp3) is 0.375. The molecule has 1 aromatic heterocycles. The summed E-state index contributed by atoms with van der Waals surface area (Å²) < 4.78 is 6.95. The highest BCUT2D eigenvalue weighted by molar-refractivity contribution is 5.79. The molecule has 1 aliphatic rings. The van der Waals surface area contributed by atoms with Crippen LogP contribution in [0, 0.1) is 6.92 Å². The van der Waals surface area contributed by atoms with Gasteiger partial charge < -0.3 is 10.5 Å². The summed E-state index contributed by atoms with van der Waals surface area (Å²) in [4.78, 5) is 6.52. The molecule has 0 saturated carbocycles. The van der Waals surface area contributed by atoms with Gasteiger partial charge in [0.15, 0.2) is 0 Å². The summed E-state index contributed by atoms with van der Waals surface area (Å²) in [6.45, 7) is 6.52. The summed E-state index contributed by atoms with van der Waals surface area (Å²) >= 11 is 0. The number of hydrogen-bond acceptors (Lipinski definition) is 5. The minimum atomic E-state index is 0.401. The maximum absolute atomic E-state index is 5.76. The number of ether oxygens (including phenoxy) is 1. The van der Waals surface area contributed by atoms with E-state index in [2.05, 4.69) is 39.3 Å². The van der Waals surface area contributed by atoms with Gasteiger partial charge in [-0.05, 0) is 18.1 Å². The number of benzene rings is 1. The highest BCUT2D eigenvalue weighted by atomic mass is 16.5. The summed E-state index contributed by atoms with van der Waals surface area (Å²) in [6.07, 6.45) is 3.59. The predicted molar refractivity (Wildman–Crippen MR) is 86.9 cm³/mol. The third-order valence-electron chi connectivity index (χ3n) is 3.66. The number of aryl methyl sites for hydroxylation is 1. The minimum absolute atomic E-state index is 0.401. The fourth-order valence-electron chi connectivity index (χ4n) is 2.45. The van der Waals surface area contributed by atoms with E-state index in [0.717, 1.165) is 44.1 Å². The average Bonchev–Trinajstić information content (AvgIpc) is 2.85. The van der Waals surface area contributed by atoms with E-state index in [-0.39, 0.29) is 0 Å². The van der Waals surface area contributed by atoms with Crippen LogP contribution in [0.1, 0.15) is 16.8 Å². The highest BCUT2D eigenvalue weighted by Gasteiger charge is 2.10. The summed E-state index contributed by atoms with van der Waals surface area (Å²) in [5.74, 6) is 0.401. The zero-order valence-electron chi connectivity index (χ0n) is 12.8. The molecule has 0 bridgehead atoms. The standard InChI is InChI=1S/C16H21N5O/c1-13-11-21(16(17)19-13)18-10-14-2-4-15(5-3-14)12-20-6-8-22-9-7-20/h2-5,10-11H,6-9,12H2,1H3,(H2,17,19). The van der Waals surface area contributed by atoms with E-state index in [1.54, 1.807) is 17.1 Å². The smallest absolute Gasteiger partial charge is 0.221 e. The topological polar surface area (TPSA) is 68.7 Å². The number of nitrogens with zero attached hydrogens (tertiary/aromatic N) is 4. The zero-order valence-corrected chi connectivity index (χ0v) is 12.8. The molecular formula is C16H21N5O. The lowest BCUT2D eigenvalue weighted by molar-refractivity contribution is 0.0342. The molecule has 1 fully saturated rings. The molecule has 0 amide bonds. The van der Waals surface area contributed by atoms with Crippen LogP contribution in [-0.4, -0.2) is 47.1 Å². The third kappa shape index (κ3) is 3.72. The molecule has 1 aromatic carbocycles. The third-order valence-corrected chi connectivity index (χ3v) is 3.66. The lowest BCUT2D eigenvalue weighted by Gasteiger charge is -2.26. The first-order valence-electron chi connectivity index (χ1n) is 7.45. The number of morpholine rings is 1. The van der Waals surface area contributed by atoms with Gasteiger partial charge in [0.05, 0.1) is 31.3 Å². The van der Waals surface area contributed by atoms with Crippen LogP contribution in [-0.2, 0) is 11.3 Å². The lowest BCUT2D eigenvalue weighted by atomic mass is 10.1. The first-order chi connectivity index (χ1) is 10.7. The van der Waals surface area contributed by atoms with Crippen molar-refractivity contribution in [2.24, 2.45) is 5.10 Å². The van der Waals surface area contributed by atoms with Crippen LogP contribution in [0.4, 0.5) is 5.95 Å². The maximum atomic E-state index is 5.76. The van der Waals surface area contributed by atoms with Crippen LogP contribution in [0.25, 0.3) is 0 Å². The van der Waals surface area contributed by atoms with E-state index >= 15 is 0 Å². The molecule has 22 heavy (non-hydrogen) atoms. The van der Waals surface area contributed by atoms with Gasteiger partial charge in [0, 0.05) is 19.6 Å². The van der Waals surface area contributed by atoms with Crippen molar-refractivity contribution >= 4 is 12.2 Å². The van der Waals surface area contributed by atoms with Gasteiger partial charge in [-0.1, -0.05) is 24.3 Å². The molecule has 0 radical (unpaired) electrons. The van der Waals surface area contributed by atoms with Crippen molar-refractivity contribution in [1.82, 2.24) is 14.6 Å². The molecule has 2 heterocycles. The van der Waals surface area contributed by atoms with Crippen molar-refractivity contribution in [2.45, 2.75) is 13.5 Å². The highest BCUT2D eigenvalue weighted by Crippen LogP contribution is 2.09. The molecule has 0 atom stereocenters. The first-order valence-corrected chi connectivity index (χ1v) is 7.45. The molecule has 116 valence electrons. The number of nitrogens with two attached hydrogens (primary N) is 1. The number of aromatic nitrogens is 2. The van der Waals surface area contributed by atoms with Gasteiger partial charge in [0.1, 0.15) is 0 Å². The zero-order chi connectivity index (χ0) is 15.4. The number of rotatable bonds is 4. The van der Waals surface area contributed by atoms with E-state index < -0.39 is 0 Å². The van der Waals surface area contributed by atoms with Gasteiger partial charge in [-0.3, -0.25) is 4.90 Å². The second kappa shape index (κ2) is 6.72. The Labute approximate surface area is 130 Å². The van der Waals surface area contributed by atoms with Crippen molar-refractivity contribution in [3.05, 3.63) is 47.3 Å². The molecule has 6 heteroatoms. The monoisotopic (exact) mass is 299 g/mol. The summed E-state index contributed by atoms with van der Waals surface area (Å²) in [5.41, 5.74) is 8.95.